The van der Waals surface area contributed by atoms with Crippen LogP contribution in [0.2, 0.25) is 0 Å². The lowest BCUT2D eigenvalue weighted by Crippen LogP contribution is -2.51. The first kappa shape index (κ1) is 14.9. The molecule has 1 aliphatic rings. The zero-order chi connectivity index (χ0) is 14.4. The Morgan fingerprint density at radius 1 is 1.45 bits per heavy atom. The molecule has 4 nitrogen and oxygen atoms in total. The van der Waals surface area contributed by atoms with Gasteiger partial charge >= 0.3 is 0 Å². The summed E-state index contributed by atoms with van der Waals surface area (Å²) in [6.45, 7) is 6.97. The van der Waals surface area contributed by atoms with E-state index < -0.39 is 0 Å². The minimum absolute atomic E-state index is 0.00674. The maximum Gasteiger partial charge on any atom is 0.239 e. The van der Waals surface area contributed by atoms with Crippen LogP contribution in [0.5, 0.6) is 5.75 Å². The van der Waals surface area contributed by atoms with Crippen LogP contribution >= 0.6 is 0 Å². The Labute approximate surface area is 121 Å². The van der Waals surface area contributed by atoms with Gasteiger partial charge in [-0.15, -0.1) is 0 Å². The highest BCUT2D eigenvalue weighted by Crippen LogP contribution is 2.14. The molecule has 1 heterocycles. The molecule has 20 heavy (non-hydrogen) atoms. The first-order valence-corrected chi connectivity index (χ1v) is 7.42. The fraction of sp³-hybridized carbons (Fsp3) is 0.562. The molecule has 4 heteroatoms. The molecule has 1 saturated heterocycles. The van der Waals surface area contributed by atoms with Gasteiger partial charge in [0.15, 0.2) is 0 Å². The first-order valence-electron chi connectivity index (χ1n) is 7.42. The number of carbonyl (C=O) groups excluding carboxylic acids is 1. The number of piperidine rings is 1. The third kappa shape index (κ3) is 3.97. The zero-order valence-electron chi connectivity index (χ0n) is 12.4. The summed E-state index contributed by atoms with van der Waals surface area (Å²) in [7, 11) is 0. The molecule has 1 unspecified atom stereocenters. The van der Waals surface area contributed by atoms with Crippen LogP contribution in [0, 0.1) is 6.92 Å². The Balaban J connectivity index is 1.80. The predicted molar refractivity (Wildman–Crippen MR) is 80.0 cm³/mol. The Morgan fingerprint density at radius 3 is 3.05 bits per heavy atom. The maximum atomic E-state index is 12.2. The second-order valence-corrected chi connectivity index (χ2v) is 5.24. The molecule has 0 aliphatic carbocycles. The summed E-state index contributed by atoms with van der Waals surface area (Å²) in [5.74, 6) is 1.09. The second-order valence-electron chi connectivity index (χ2n) is 5.24. The van der Waals surface area contributed by atoms with Crippen molar-refractivity contribution in [3.05, 3.63) is 29.8 Å². The minimum Gasteiger partial charge on any atom is -0.492 e. The van der Waals surface area contributed by atoms with E-state index in [4.69, 9.17) is 4.74 Å². The topological polar surface area (TPSA) is 41.6 Å². The average molecular weight is 276 g/mol. The van der Waals surface area contributed by atoms with Crippen LogP contribution in [0.25, 0.3) is 0 Å². The highest BCUT2D eigenvalue weighted by Gasteiger charge is 2.27. The van der Waals surface area contributed by atoms with Crippen molar-refractivity contribution in [2.75, 3.05) is 26.2 Å². The summed E-state index contributed by atoms with van der Waals surface area (Å²) < 4.78 is 5.72. The van der Waals surface area contributed by atoms with Gasteiger partial charge < -0.3 is 15.0 Å². The van der Waals surface area contributed by atoms with E-state index in [1.165, 1.54) is 5.56 Å². The number of carbonyl (C=O) groups is 1. The molecule has 1 aliphatic heterocycles. The van der Waals surface area contributed by atoms with Gasteiger partial charge in [-0.3, -0.25) is 4.79 Å². The SMILES string of the molecule is CCNC1CCCN(CCOc2cccc(C)c2)C1=O. The third-order valence-corrected chi connectivity index (χ3v) is 3.60. The van der Waals surface area contributed by atoms with Gasteiger partial charge in [-0.1, -0.05) is 19.1 Å². The van der Waals surface area contributed by atoms with E-state index >= 15 is 0 Å². The van der Waals surface area contributed by atoms with E-state index in [9.17, 15) is 4.79 Å². The number of likely N-dealkylation sites (N-methyl/N-ethyl adjacent to an activating group) is 1. The molecule has 0 aromatic heterocycles. The molecule has 1 aromatic carbocycles. The smallest absolute Gasteiger partial charge is 0.239 e. The van der Waals surface area contributed by atoms with E-state index in [1.807, 2.05) is 43.0 Å². The number of likely N-dealkylation sites (tertiary alicyclic amines) is 1. The van der Waals surface area contributed by atoms with Gasteiger partial charge in [0, 0.05) is 6.54 Å². The summed E-state index contributed by atoms with van der Waals surface area (Å²) in [4.78, 5) is 14.1. The van der Waals surface area contributed by atoms with Gasteiger partial charge in [0.05, 0.1) is 12.6 Å². The molecule has 2 rings (SSSR count). The molecule has 0 spiro atoms. The standard InChI is InChI=1S/C16H24N2O2/c1-3-17-15-8-5-9-18(16(15)19)10-11-20-14-7-4-6-13(2)12-14/h4,6-7,12,15,17H,3,5,8-11H2,1-2H3. The largest absolute Gasteiger partial charge is 0.492 e. The number of nitrogens with one attached hydrogen (secondary N) is 1. The molecule has 1 amide bonds. The highest BCUT2D eigenvalue weighted by atomic mass is 16.5. The van der Waals surface area contributed by atoms with Crippen molar-refractivity contribution in [2.45, 2.75) is 32.7 Å². The average Bonchev–Trinajstić information content (AvgIpc) is 2.43. The lowest BCUT2D eigenvalue weighted by atomic mass is 10.0. The predicted octanol–water partition coefficient (Wildman–Crippen LogP) is 1.97. The van der Waals surface area contributed by atoms with Gasteiger partial charge in [-0.25, -0.2) is 0 Å². The zero-order valence-corrected chi connectivity index (χ0v) is 12.4. The van der Waals surface area contributed by atoms with E-state index in [1.54, 1.807) is 0 Å². The Hall–Kier alpha value is -1.55. The first-order chi connectivity index (χ1) is 9.70. The number of nitrogens with zero attached hydrogens (tertiary/aromatic N) is 1. The van der Waals surface area contributed by atoms with E-state index in [0.29, 0.717) is 13.2 Å². The van der Waals surface area contributed by atoms with Gasteiger partial charge in [0.1, 0.15) is 12.4 Å². The summed E-state index contributed by atoms with van der Waals surface area (Å²) in [5.41, 5.74) is 1.18. The number of benzene rings is 1. The summed E-state index contributed by atoms with van der Waals surface area (Å²) in [5, 5.41) is 3.25. The van der Waals surface area contributed by atoms with Crippen molar-refractivity contribution in [3.8, 4) is 5.75 Å². The van der Waals surface area contributed by atoms with Crippen LogP contribution in [0.15, 0.2) is 24.3 Å². The fourth-order valence-corrected chi connectivity index (χ4v) is 2.58. The van der Waals surface area contributed by atoms with Crippen LogP contribution in [-0.2, 0) is 4.79 Å². The van der Waals surface area contributed by atoms with Crippen molar-refractivity contribution < 1.29 is 9.53 Å². The van der Waals surface area contributed by atoms with Gasteiger partial charge in [0.2, 0.25) is 5.91 Å². The molecule has 1 N–H and O–H groups in total. The molecule has 1 aromatic rings. The Bertz CT molecular complexity index is 446. The van der Waals surface area contributed by atoms with Crippen molar-refractivity contribution in [1.29, 1.82) is 0 Å². The van der Waals surface area contributed by atoms with Crippen molar-refractivity contribution >= 4 is 5.91 Å². The number of ether oxygens (including phenoxy) is 1. The van der Waals surface area contributed by atoms with Crippen LogP contribution in [0.1, 0.15) is 25.3 Å². The molecular formula is C16H24N2O2. The lowest BCUT2D eigenvalue weighted by molar-refractivity contribution is -0.136. The number of rotatable bonds is 6. The van der Waals surface area contributed by atoms with Gasteiger partial charge in [-0.2, -0.15) is 0 Å². The van der Waals surface area contributed by atoms with Crippen molar-refractivity contribution in [2.24, 2.45) is 0 Å². The Kier molecular flexibility index (Phi) is 5.41. The molecule has 1 atom stereocenters. The number of amides is 1. The molecule has 0 bridgehead atoms. The van der Waals surface area contributed by atoms with Crippen LogP contribution in [0.4, 0.5) is 0 Å². The van der Waals surface area contributed by atoms with Crippen LogP contribution < -0.4 is 10.1 Å². The van der Waals surface area contributed by atoms with E-state index in [2.05, 4.69) is 5.32 Å². The highest BCUT2D eigenvalue weighted by molar-refractivity contribution is 5.82. The van der Waals surface area contributed by atoms with E-state index in [-0.39, 0.29) is 11.9 Å². The summed E-state index contributed by atoms with van der Waals surface area (Å²) in [6, 6.07) is 7.99. The molecule has 0 saturated carbocycles. The quantitative estimate of drug-likeness (QED) is 0.864. The Morgan fingerprint density at radius 2 is 2.30 bits per heavy atom. The second kappa shape index (κ2) is 7.29. The number of hydrogen-bond donors (Lipinski definition) is 1. The van der Waals surface area contributed by atoms with Gasteiger partial charge in [-0.05, 0) is 44.0 Å². The molecule has 0 radical (unpaired) electrons. The molecule has 110 valence electrons. The summed E-state index contributed by atoms with van der Waals surface area (Å²) in [6.07, 6.45) is 2.01. The molecular weight excluding hydrogens is 252 g/mol. The van der Waals surface area contributed by atoms with E-state index in [0.717, 1.165) is 31.7 Å². The van der Waals surface area contributed by atoms with Crippen molar-refractivity contribution in [3.63, 3.8) is 0 Å². The number of aryl methyl sites for hydroxylation is 1. The molecule has 1 fully saturated rings. The fourth-order valence-electron chi connectivity index (χ4n) is 2.58. The minimum atomic E-state index is -0.00674. The summed E-state index contributed by atoms with van der Waals surface area (Å²) >= 11 is 0. The third-order valence-electron chi connectivity index (χ3n) is 3.60. The van der Waals surface area contributed by atoms with Crippen molar-refractivity contribution in [1.82, 2.24) is 10.2 Å². The van der Waals surface area contributed by atoms with Crippen LogP contribution in [0.3, 0.4) is 0 Å². The van der Waals surface area contributed by atoms with Crippen LogP contribution in [-0.4, -0.2) is 43.1 Å². The monoisotopic (exact) mass is 276 g/mol. The number of hydrogen-bond acceptors (Lipinski definition) is 3. The lowest BCUT2D eigenvalue weighted by Gasteiger charge is -2.32. The van der Waals surface area contributed by atoms with Gasteiger partial charge in [0.25, 0.3) is 0 Å². The normalized spacial score (nSPS) is 19.2. The maximum absolute atomic E-state index is 12.2.